The second-order valence-electron chi connectivity index (χ2n) is 6.95. The van der Waals surface area contributed by atoms with E-state index in [0.717, 1.165) is 25.2 Å². The Labute approximate surface area is 134 Å². The van der Waals surface area contributed by atoms with Crippen molar-refractivity contribution in [3.8, 4) is 0 Å². The van der Waals surface area contributed by atoms with E-state index in [9.17, 15) is 4.79 Å². The molecular formula is C16H21N5O2. The van der Waals surface area contributed by atoms with Gasteiger partial charge in [-0.15, -0.1) is 10.2 Å². The van der Waals surface area contributed by atoms with Crippen LogP contribution < -0.4 is 0 Å². The fraction of sp³-hybridized carbons (Fsp3) is 0.625. The van der Waals surface area contributed by atoms with Gasteiger partial charge < -0.3 is 14.0 Å². The Morgan fingerprint density at radius 3 is 2.70 bits per heavy atom. The molecule has 2 aromatic heterocycles. The van der Waals surface area contributed by atoms with Crippen molar-refractivity contribution >= 4 is 5.91 Å². The fourth-order valence-electron chi connectivity index (χ4n) is 4.17. The molecule has 1 aliphatic heterocycles. The first-order valence-corrected chi connectivity index (χ1v) is 8.08. The summed E-state index contributed by atoms with van der Waals surface area (Å²) in [6.07, 6.45) is 5.26. The van der Waals surface area contributed by atoms with E-state index in [0.29, 0.717) is 23.6 Å². The smallest absolute Gasteiger partial charge is 0.259 e. The second-order valence-corrected chi connectivity index (χ2v) is 6.95. The van der Waals surface area contributed by atoms with Gasteiger partial charge in [-0.3, -0.25) is 4.79 Å². The summed E-state index contributed by atoms with van der Waals surface area (Å²) in [7, 11) is 1.97. The monoisotopic (exact) mass is 315 g/mol. The average Bonchev–Trinajstić information content (AvgIpc) is 3.15. The maximum Gasteiger partial charge on any atom is 0.259 e. The first-order valence-electron chi connectivity index (χ1n) is 8.08. The lowest BCUT2D eigenvalue weighted by atomic mass is 9.62. The van der Waals surface area contributed by atoms with Crippen molar-refractivity contribution in [3.63, 3.8) is 0 Å². The number of nitrogens with zero attached hydrogens (tertiary/aromatic N) is 5. The van der Waals surface area contributed by atoms with Gasteiger partial charge in [0.25, 0.3) is 5.91 Å². The molecule has 1 unspecified atom stereocenters. The van der Waals surface area contributed by atoms with Crippen LogP contribution in [0.3, 0.4) is 0 Å². The highest BCUT2D eigenvalue weighted by atomic mass is 16.5. The topological polar surface area (TPSA) is 77.1 Å². The van der Waals surface area contributed by atoms with Gasteiger partial charge in [-0.2, -0.15) is 0 Å². The lowest BCUT2D eigenvalue weighted by molar-refractivity contribution is 0.0721. The molecule has 122 valence electrons. The number of likely N-dealkylation sites (tertiary alicyclic amines) is 1. The number of carbonyl (C=O) groups excluding carboxylic acids is 1. The van der Waals surface area contributed by atoms with Gasteiger partial charge in [0.1, 0.15) is 23.5 Å². The first-order chi connectivity index (χ1) is 11.0. The lowest BCUT2D eigenvalue weighted by Gasteiger charge is -2.42. The second kappa shape index (κ2) is 4.91. The Kier molecular flexibility index (Phi) is 3.08. The highest BCUT2D eigenvalue weighted by molar-refractivity contribution is 5.96. The van der Waals surface area contributed by atoms with Crippen LogP contribution in [0.15, 0.2) is 10.9 Å². The van der Waals surface area contributed by atoms with Gasteiger partial charge in [0, 0.05) is 26.1 Å². The maximum atomic E-state index is 13.0. The molecule has 1 saturated carbocycles. The van der Waals surface area contributed by atoms with Crippen LogP contribution in [0.4, 0.5) is 0 Å². The number of hydrogen-bond acceptors (Lipinski definition) is 5. The van der Waals surface area contributed by atoms with Crippen LogP contribution in [0.25, 0.3) is 0 Å². The number of carbonyl (C=O) groups is 1. The fourth-order valence-corrected chi connectivity index (χ4v) is 4.17. The van der Waals surface area contributed by atoms with Crippen molar-refractivity contribution in [2.24, 2.45) is 12.5 Å². The molecule has 3 heterocycles. The number of amides is 1. The van der Waals surface area contributed by atoms with Crippen LogP contribution in [0.1, 0.15) is 52.8 Å². The molecule has 0 radical (unpaired) electrons. The SMILES string of the molecule is Cc1noc(C)c1C(=O)N1CC(c2nncn2C)C2(CCC2)C1. The van der Waals surface area contributed by atoms with Gasteiger partial charge in [0.15, 0.2) is 0 Å². The summed E-state index contributed by atoms with van der Waals surface area (Å²) in [6.45, 7) is 5.09. The third-order valence-corrected chi connectivity index (χ3v) is 5.59. The third-order valence-electron chi connectivity index (χ3n) is 5.59. The Morgan fingerprint density at radius 2 is 2.17 bits per heavy atom. The van der Waals surface area contributed by atoms with Crippen molar-refractivity contribution in [1.82, 2.24) is 24.8 Å². The van der Waals surface area contributed by atoms with E-state index in [1.165, 1.54) is 6.42 Å². The van der Waals surface area contributed by atoms with Gasteiger partial charge in [-0.1, -0.05) is 11.6 Å². The molecule has 1 spiro atoms. The number of aryl methyl sites for hydroxylation is 3. The molecule has 23 heavy (non-hydrogen) atoms. The Balaban J connectivity index is 1.66. The summed E-state index contributed by atoms with van der Waals surface area (Å²) in [5.74, 6) is 1.86. The van der Waals surface area contributed by atoms with Gasteiger partial charge in [0.2, 0.25) is 0 Å². The molecule has 7 nitrogen and oxygen atoms in total. The summed E-state index contributed by atoms with van der Waals surface area (Å²) in [6, 6.07) is 0. The van der Waals surface area contributed by atoms with Crippen LogP contribution in [0, 0.1) is 19.3 Å². The molecule has 0 aromatic carbocycles. The van der Waals surface area contributed by atoms with Crippen molar-refractivity contribution in [1.29, 1.82) is 0 Å². The van der Waals surface area contributed by atoms with E-state index < -0.39 is 0 Å². The summed E-state index contributed by atoms with van der Waals surface area (Å²) in [5, 5.41) is 12.2. The predicted molar refractivity (Wildman–Crippen MR) is 81.9 cm³/mol. The summed E-state index contributed by atoms with van der Waals surface area (Å²) in [5.41, 5.74) is 1.44. The lowest BCUT2D eigenvalue weighted by Crippen LogP contribution is -2.38. The molecule has 1 amide bonds. The van der Waals surface area contributed by atoms with E-state index in [2.05, 4.69) is 15.4 Å². The number of hydrogen-bond donors (Lipinski definition) is 0. The minimum Gasteiger partial charge on any atom is -0.361 e. The minimum absolute atomic E-state index is 0.0252. The molecule has 0 bridgehead atoms. The number of rotatable bonds is 2. The van der Waals surface area contributed by atoms with Crippen molar-refractivity contribution in [2.75, 3.05) is 13.1 Å². The summed E-state index contributed by atoms with van der Waals surface area (Å²) in [4.78, 5) is 14.9. The Bertz CT molecular complexity index is 739. The molecule has 2 aromatic rings. The van der Waals surface area contributed by atoms with E-state index in [1.807, 2.05) is 23.4 Å². The first kappa shape index (κ1) is 14.4. The molecule has 2 fully saturated rings. The van der Waals surface area contributed by atoms with E-state index in [-0.39, 0.29) is 17.2 Å². The van der Waals surface area contributed by atoms with Gasteiger partial charge in [-0.05, 0) is 32.1 Å². The molecule has 2 aliphatic rings. The zero-order valence-corrected chi connectivity index (χ0v) is 13.7. The van der Waals surface area contributed by atoms with Crippen LogP contribution in [-0.2, 0) is 7.05 Å². The molecule has 4 rings (SSSR count). The molecular weight excluding hydrogens is 294 g/mol. The minimum atomic E-state index is 0.0252. The van der Waals surface area contributed by atoms with Crippen molar-refractivity contribution < 1.29 is 9.32 Å². The Hall–Kier alpha value is -2.18. The predicted octanol–water partition coefficient (Wildman–Crippen LogP) is 1.83. The highest BCUT2D eigenvalue weighted by Crippen LogP contribution is 2.55. The summed E-state index contributed by atoms with van der Waals surface area (Å²) < 4.78 is 7.14. The summed E-state index contributed by atoms with van der Waals surface area (Å²) >= 11 is 0. The van der Waals surface area contributed by atoms with Crippen molar-refractivity contribution in [3.05, 3.63) is 29.2 Å². The molecule has 0 N–H and O–H groups in total. The largest absolute Gasteiger partial charge is 0.361 e. The molecule has 1 saturated heterocycles. The van der Waals surface area contributed by atoms with Gasteiger partial charge in [0.05, 0.1) is 5.69 Å². The molecule has 1 atom stereocenters. The van der Waals surface area contributed by atoms with Gasteiger partial charge >= 0.3 is 0 Å². The average molecular weight is 315 g/mol. The van der Waals surface area contributed by atoms with E-state index in [1.54, 1.807) is 13.3 Å². The van der Waals surface area contributed by atoms with Crippen LogP contribution in [0.5, 0.6) is 0 Å². The van der Waals surface area contributed by atoms with E-state index >= 15 is 0 Å². The van der Waals surface area contributed by atoms with E-state index in [4.69, 9.17) is 4.52 Å². The van der Waals surface area contributed by atoms with Gasteiger partial charge in [-0.25, -0.2) is 0 Å². The van der Waals surface area contributed by atoms with Crippen LogP contribution >= 0.6 is 0 Å². The van der Waals surface area contributed by atoms with Crippen molar-refractivity contribution in [2.45, 2.75) is 39.0 Å². The number of aromatic nitrogens is 4. The zero-order valence-electron chi connectivity index (χ0n) is 13.7. The third kappa shape index (κ3) is 2.02. The normalized spacial score (nSPS) is 22.6. The molecule has 7 heteroatoms. The standard InChI is InChI=1S/C16H21N5O2/c1-10-13(11(2)23-19-10)15(22)21-7-12(14-18-17-9-20(14)3)16(8-21)5-4-6-16/h9,12H,4-8H2,1-3H3. The highest BCUT2D eigenvalue weighted by Gasteiger charge is 2.53. The van der Waals surface area contributed by atoms with Crippen LogP contribution in [0.2, 0.25) is 0 Å². The van der Waals surface area contributed by atoms with Crippen LogP contribution in [-0.4, -0.2) is 43.8 Å². The Morgan fingerprint density at radius 1 is 1.39 bits per heavy atom. The maximum absolute atomic E-state index is 13.0. The molecule has 1 aliphatic carbocycles. The zero-order chi connectivity index (χ0) is 16.2. The quantitative estimate of drug-likeness (QED) is 0.845.